The Hall–Kier alpha value is -3.18. The van der Waals surface area contributed by atoms with Gasteiger partial charge in [-0.2, -0.15) is 36.3 Å². The molecule has 0 radical (unpaired) electrons. The first-order valence-corrected chi connectivity index (χ1v) is 12.2. The van der Waals surface area contributed by atoms with Crippen molar-refractivity contribution in [2.24, 2.45) is 0 Å². The molecule has 0 aromatic carbocycles. The van der Waals surface area contributed by atoms with E-state index in [2.05, 4.69) is 9.97 Å². The molecule has 14 heteroatoms. The van der Waals surface area contributed by atoms with Crippen molar-refractivity contribution in [2.45, 2.75) is 62.4 Å². The predicted octanol–water partition coefficient (Wildman–Crippen LogP) is 5.25. The van der Waals surface area contributed by atoms with E-state index in [-0.39, 0.29) is 39.6 Å². The molecule has 36 heavy (non-hydrogen) atoms. The zero-order valence-electron chi connectivity index (χ0n) is 18.9. The van der Waals surface area contributed by atoms with Gasteiger partial charge in [-0.25, -0.2) is 13.4 Å². The maximum atomic E-state index is 13.3. The molecule has 3 aromatic rings. The van der Waals surface area contributed by atoms with Crippen LogP contribution in [-0.4, -0.2) is 35.2 Å². The normalized spacial score (nSPS) is 16.1. The number of sulfonamides is 1. The molecule has 1 atom stereocenters. The molecule has 3 aromatic heterocycles. The second-order valence-electron chi connectivity index (χ2n) is 8.60. The zero-order chi connectivity index (χ0) is 26.6. The number of hydrogen-bond acceptors (Lipinski definition) is 5. The van der Waals surface area contributed by atoms with Crippen LogP contribution in [0.5, 0.6) is 0 Å². The maximum Gasteiger partial charge on any atom is 0.417 e. The summed E-state index contributed by atoms with van der Waals surface area (Å²) in [6.07, 6.45) is -5.69. The summed E-state index contributed by atoms with van der Waals surface area (Å²) >= 11 is 0. The molecule has 0 amide bonds. The van der Waals surface area contributed by atoms with Crippen LogP contribution in [0.2, 0.25) is 0 Å². The number of nitriles is 1. The molecule has 1 aliphatic rings. The van der Waals surface area contributed by atoms with Crippen molar-refractivity contribution in [3.63, 3.8) is 0 Å². The molecule has 4 rings (SSSR count). The van der Waals surface area contributed by atoms with E-state index in [1.165, 1.54) is 13.0 Å². The lowest BCUT2D eigenvalue weighted by Gasteiger charge is -2.29. The molecule has 0 unspecified atom stereocenters. The number of pyridine rings is 2. The number of rotatable bonds is 5. The lowest BCUT2D eigenvalue weighted by atomic mass is 9.92. The van der Waals surface area contributed by atoms with Gasteiger partial charge in [0.25, 0.3) is 0 Å². The first-order valence-electron chi connectivity index (χ1n) is 10.7. The fourth-order valence-electron chi connectivity index (χ4n) is 4.02. The van der Waals surface area contributed by atoms with Crippen LogP contribution in [0, 0.1) is 18.3 Å². The van der Waals surface area contributed by atoms with Gasteiger partial charge >= 0.3 is 12.4 Å². The Kier molecular flexibility index (Phi) is 6.28. The monoisotopic (exact) mass is 531 g/mol. The van der Waals surface area contributed by atoms with Crippen molar-refractivity contribution >= 4 is 21.1 Å². The smallest absolute Gasteiger partial charge is 0.320 e. The third-order valence-electron chi connectivity index (χ3n) is 6.14. The first-order chi connectivity index (χ1) is 16.6. The number of nitrogens with one attached hydrogen (secondary N) is 1. The largest absolute Gasteiger partial charge is 0.417 e. The van der Waals surface area contributed by atoms with Crippen LogP contribution in [0.25, 0.3) is 22.4 Å². The molecule has 1 N–H and O–H groups in total. The molecule has 192 valence electrons. The number of nitrogens with zero attached hydrogens (tertiary/aromatic N) is 4. The Morgan fingerprint density at radius 3 is 2.31 bits per heavy atom. The van der Waals surface area contributed by atoms with Gasteiger partial charge in [0.1, 0.15) is 22.7 Å². The minimum Gasteiger partial charge on any atom is -0.320 e. The zero-order valence-corrected chi connectivity index (χ0v) is 19.7. The van der Waals surface area contributed by atoms with Gasteiger partial charge in [0, 0.05) is 23.8 Å². The average molecular weight is 531 g/mol. The van der Waals surface area contributed by atoms with Crippen molar-refractivity contribution in [1.29, 1.82) is 5.26 Å². The molecule has 1 aliphatic carbocycles. The van der Waals surface area contributed by atoms with Crippen LogP contribution in [0.1, 0.15) is 48.9 Å². The van der Waals surface area contributed by atoms with E-state index in [1.807, 2.05) is 6.07 Å². The quantitative estimate of drug-likeness (QED) is 0.453. The van der Waals surface area contributed by atoms with Crippen molar-refractivity contribution < 1.29 is 34.8 Å². The molecule has 1 fully saturated rings. The Labute approximate surface area is 201 Å². The van der Waals surface area contributed by atoms with Gasteiger partial charge in [-0.15, -0.1) is 0 Å². The van der Waals surface area contributed by atoms with Gasteiger partial charge in [0.05, 0.1) is 22.5 Å². The standard InChI is InChI=1S/C22H19F6N5O2S/c1-11-6-17(30-10-18(11)36(34,35)32-12(2)21(23,24)25)19-16(8-29)15-7-13(22(26,27)28)9-31-20(15)33(19)14-4-3-5-14/h6-7,9-10,12,14,32H,3-5H2,1-2H3/t12-/m0/s1. The van der Waals surface area contributed by atoms with Crippen molar-refractivity contribution in [3.8, 4) is 17.5 Å². The van der Waals surface area contributed by atoms with Gasteiger partial charge in [-0.3, -0.25) is 4.98 Å². The number of halogens is 6. The van der Waals surface area contributed by atoms with E-state index in [0.717, 1.165) is 18.7 Å². The highest BCUT2D eigenvalue weighted by Crippen LogP contribution is 2.43. The molecule has 0 spiro atoms. The summed E-state index contributed by atoms with van der Waals surface area (Å²) in [6, 6.07) is 1.54. The summed E-state index contributed by atoms with van der Waals surface area (Å²) in [5, 5.41) is 9.85. The van der Waals surface area contributed by atoms with E-state index in [9.17, 15) is 40.0 Å². The lowest BCUT2D eigenvalue weighted by Crippen LogP contribution is -2.43. The summed E-state index contributed by atoms with van der Waals surface area (Å²) in [4.78, 5) is 7.60. The SMILES string of the molecule is Cc1cc(-c2c(C#N)c3cc(C(F)(F)F)cnc3n2C2CCC2)ncc1S(=O)(=O)N[C@@H](C)C(F)(F)F. The average Bonchev–Trinajstić information content (AvgIpc) is 3.04. The van der Waals surface area contributed by atoms with Crippen LogP contribution in [0.4, 0.5) is 26.3 Å². The van der Waals surface area contributed by atoms with Crippen LogP contribution in [0.15, 0.2) is 29.4 Å². The fraction of sp³-hybridized carbons (Fsp3) is 0.409. The predicted molar refractivity (Wildman–Crippen MR) is 116 cm³/mol. The van der Waals surface area contributed by atoms with Crippen LogP contribution >= 0.6 is 0 Å². The third-order valence-corrected chi connectivity index (χ3v) is 7.81. The summed E-state index contributed by atoms with van der Waals surface area (Å²) in [7, 11) is -4.60. The minimum atomic E-state index is -4.80. The molecule has 1 saturated carbocycles. The Morgan fingerprint density at radius 2 is 1.81 bits per heavy atom. The molecule has 3 heterocycles. The van der Waals surface area contributed by atoms with E-state index in [4.69, 9.17) is 0 Å². The van der Waals surface area contributed by atoms with Crippen LogP contribution < -0.4 is 4.72 Å². The second-order valence-corrected chi connectivity index (χ2v) is 10.3. The Balaban J connectivity index is 1.88. The summed E-state index contributed by atoms with van der Waals surface area (Å²) in [6.45, 7) is 2.01. The number of hydrogen-bond donors (Lipinski definition) is 1. The van der Waals surface area contributed by atoms with Gasteiger partial charge in [0.15, 0.2) is 0 Å². The summed E-state index contributed by atoms with van der Waals surface area (Å²) in [5.41, 5.74) is -0.671. The van der Waals surface area contributed by atoms with Crippen molar-refractivity contribution in [3.05, 3.63) is 41.2 Å². The molecular formula is C22H19F6N5O2S. The molecule has 0 bridgehead atoms. The minimum absolute atomic E-state index is 0.0222. The number of alkyl halides is 6. The Morgan fingerprint density at radius 1 is 1.14 bits per heavy atom. The summed E-state index contributed by atoms with van der Waals surface area (Å²) in [5.74, 6) is 0. The number of aryl methyl sites for hydroxylation is 1. The summed E-state index contributed by atoms with van der Waals surface area (Å²) < 4.78 is 107. The van der Waals surface area contributed by atoms with Gasteiger partial charge in [-0.05, 0) is 50.8 Å². The number of aromatic nitrogens is 3. The van der Waals surface area contributed by atoms with Crippen molar-refractivity contribution in [1.82, 2.24) is 19.3 Å². The van der Waals surface area contributed by atoms with Crippen LogP contribution in [0.3, 0.4) is 0 Å². The van der Waals surface area contributed by atoms with Gasteiger partial charge in [0.2, 0.25) is 10.0 Å². The van der Waals surface area contributed by atoms with Crippen molar-refractivity contribution in [2.75, 3.05) is 0 Å². The van der Waals surface area contributed by atoms with Gasteiger partial charge in [-0.1, -0.05) is 0 Å². The van der Waals surface area contributed by atoms with E-state index in [0.29, 0.717) is 26.0 Å². The van der Waals surface area contributed by atoms with E-state index in [1.54, 1.807) is 9.29 Å². The molecule has 0 saturated heterocycles. The molecule has 7 nitrogen and oxygen atoms in total. The van der Waals surface area contributed by atoms with Gasteiger partial charge < -0.3 is 4.57 Å². The molecule has 0 aliphatic heterocycles. The number of fused-ring (bicyclic) bond motifs is 1. The molecular weight excluding hydrogens is 512 g/mol. The Bertz CT molecular complexity index is 1480. The highest BCUT2D eigenvalue weighted by atomic mass is 32.2. The second kappa shape index (κ2) is 8.74. The topological polar surface area (TPSA) is 101 Å². The van der Waals surface area contributed by atoms with E-state index >= 15 is 0 Å². The highest BCUT2D eigenvalue weighted by Gasteiger charge is 2.39. The fourth-order valence-corrected chi connectivity index (χ4v) is 5.43. The first kappa shape index (κ1) is 25.9. The lowest BCUT2D eigenvalue weighted by molar-refractivity contribution is -0.147. The highest BCUT2D eigenvalue weighted by molar-refractivity contribution is 7.89. The maximum absolute atomic E-state index is 13.3. The van der Waals surface area contributed by atoms with Crippen LogP contribution in [-0.2, 0) is 16.2 Å². The van der Waals surface area contributed by atoms with E-state index < -0.39 is 38.9 Å². The third kappa shape index (κ3) is 4.53.